The van der Waals surface area contributed by atoms with Crippen LogP contribution in [0.4, 0.5) is 5.69 Å². The molecule has 180 valence electrons. The van der Waals surface area contributed by atoms with E-state index in [4.69, 9.17) is 4.98 Å². The first kappa shape index (κ1) is 22.2. The topological polar surface area (TPSA) is 73.8 Å². The molecule has 4 heterocycles. The molecule has 0 N–H and O–H groups in total. The number of benzene rings is 2. The summed E-state index contributed by atoms with van der Waals surface area (Å²) in [7, 11) is 0. The van der Waals surface area contributed by atoms with E-state index >= 15 is 0 Å². The molecular weight excluding hydrogens is 460 g/mol. The number of rotatable bonds is 5. The predicted octanol–water partition coefficient (Wildman–Crippen LogP) is 4.74. The van der Waals surface area contributed by atoms with Gasteiger partial charge in [0.05, 0.1) is 27.5 Å². The molecule has 0 spiro atoms. The van der Waals surface area contributed by atoms with E-state index in [1.54, 1.807) is 22.3 Å². The van der Waals surface area contributed by atoms with Crippen LogP contribution in [0, 0.1) is 0 Å². The van der Waals surface area contributed by atoms with E-state index in [2.05, 4.69) is 6.07 Å². The van der Waals surface area contributed by atoms with Gasteiger partial charge in [-0.15, -0.1) is 11.3 Å². The predicted molar refractivity (Wildman–Crippen MR) is 135 cm³/mol. The second kappa shape index (κ2) is 8.45. The Morgan fingerprint density at radius 1 is 1.14 bits per heavy atom. The van der Waals surface area contributed by atoms with Crippen molar-refractivity contribution in [3.05, 3.63) is 59.1 Å². The van der Waals surface area contributed by atoms with Crippen molar-refractivity contribution in [1.82, 2.24) is 14.8 Å². The van der Waals surface area contributed by atoms with Gasteiger partial charge in [0.25, 0.3) is 5.91 Å². The Labute approximate surface area is 208 Å². The zero-order valence-electron chi connectivity index (χ0n) is 19.8. The summed E-state index contributed by atoms with van der Waals surface area (Å²) >= 11 is 1.67. The van der Waals surface area contributed by atoms with Crippen molar-refractivity contribution in [2.24, 2.45) is 0 Å². The van der Waals surface area contributed by atoms with Gasteiger partial charge in [-0.25, -0.2) is 4.98 Å². The quantitative estimate of drug-likeness (QED) is 0.520. The van der Waals surface area contributed by atoms with Gasteiger partial charge in [-0.2, -0.15) is 0 Å². The van der Waals surface area contributed by atoms with Crippen LogP contribution in [0.5, 0.6) is 0 Å². The lowest BCUT2D eigenvalue weighted by Gasteiger charge is -2.48. The number of nitrogens with zero attached hydrogens (tertiary/aromatic N) is 4. The highest BCUT2D eigenvalue weighted by Gasteiger charge is 2.52. The van der Waals surface area contributed by atoms with E-state index < -0.39 is 5.66 Å². The molecule has 6 rings (SSSR count). The average Bonchev–Trinajstić information content (AvgIpc) is 3.58. The van der Waals surface area contributed by atoms with Crippen molar-refractivity contribution >= 4 is 45.0 Å². The van der Waals surface area contributed by atoms with Crippen molar-refractivity contribution in [3.63, 3.8) is 0 Å². The highest BCUT2D eigenvalue weighted by atomic mass is 32.1. The number of anilines is 1. The standard InChI is InChI=1S/C27H28N4O3S/c1-27-15-14-24(33)31(27)20-10-4-2-8-18(20)26(34)30(27)17-7-13-23(32)29-16-6-11-21(29)25-28-19-9-3-5-12-22(19)35-25/h2-5,8-10,12,21H,6-7,11,13-17H2,1H3. The highest BCUT2D eigenvalue weighted by molar-refractivity contribution is 7.18. The second-order valence-corrected chi connectivity index (χ2v) is 10.9. The lowest BCUT2D eigenvalue weighted by atomic mass is 9.98. The largest absolute Gasteiger partial charge is 0.333 e. The fourth-order valence-electron chi connectivity index (χ4n) is 5.93. The van der Waals surface area contributed by atoms with Crippen LogP contribution < -0.4 is 4.90 Å². The van der Waals surface area contributed by atoms with Crippen LogP contribution in [0.2, 0.25) is 0 Å². The van der Waals surface area contributed by atoms with Gasteiger partial charge in [0.15, 0.2) is 0 Å². The van der Waals surface area contributed by atoms with Crippen LogP contribution in [0.3, 0.4) is 0 Å². The lowest BCUT2D eigenvalue weighted by molar-refractivity contribution is -0.132. The summed E-state index contributed by atoms with van der Waals surface area (Å²) in [6, 6.07) is 15.5. The number of aromatic nitrogens is 1. The van der Waals surface area contributed by atoms with Gasteiger partial charge in [0, 0.05) is 25.9 Å². The fraction of sp³-hybridized carbons (Fsp3) is 0.407. The molecule has 3 aromatic rings. The molecule has 2 atom stereocenters. The monoisotopic (exact) mass is 488 g/mol. The minimum absolute atomic E-state index is 0.0314. The Hall–Kier alpha value is -3.26. The van der Waals surface area contributed by atoms with Crippen LogP contribution in [-0.2, 0) is 9.59 Å². The van der Waals surface area contributed by atoms with Gasteiger partial charge in [0.1, 0.15) is 10.7 Å². The van der Waals surface area contributed by atoms with Crippen LogP contribution in [0.15, 0.2) is 48.5 Å². The van der Waals surface area contributed by atoms with Crippen LogP contribution in [-0.4, -0.2) is 51.3 Å². The number of hydrogen-bond acceptors (Lipinski definition) is 5. The summed E-state index contributed by atoms with van der Waals surface area (Å²) in [5, 5.41) is 1.01. The first-order valence-corrected chi connectivity index (χ1v) is 13.2. The molecule has 0 radical (unpaired) electrons. The van der Waals surface area contributed by atoms with E-state index in [1.165, 1.54) is 0 Å². The van der Waals surface area contributed by atoms with Gasteiger partial charge >= 0.3 is 0 Å². The van der Waals surface area contributed by atoms with E-state index in [0.29, 0.717) is 43.5 Å². The van der Waals surface area contributed by atoms with E-state index in [9.17, 15) is 14.4 Å². The average molecular weight is 489 g/mol. The maximum atomic E-state index is 13.4. The molecule has 2 aromatic carbocycles. The van der Waals surface area contributed by atoms with Crippen molar-refractivity contribution < 1.29 is 14.4 Å². The summed E-state index contributed by atoms with van der Waals surface area (Å²) in [6.45, 7) is 3.16. The van der Waals surface area contributed by atoms with Crippen LogP contribution in [0.25, 0.3) is 10.2 Å². The first-order chi connectivity index (χ1) is 17.0. The van der Waals surface area contributed by atoms with Gasteiger partial charge in [0.2, 0.25) is 11.8 Å². The van der Waals surface area contributed by atoms with Crippen LogP contribution in [0.1, 0.15) is 66.9 Å². The Kier molecular flexibility index (Phi) is 5.36. The Morgan fingerprint density at radius 3 is 2.80 bits per heavy atom. The number of thiazole rings is 1. The second-order valence-electron chi connectivity index (χ2n) is 9.79. The molecule has 3 aliphatic rings. The number of carbonyl (C=O) groups excluding carboxylic acids is 3. The van der Waals surface area contributed by atoms with Crippen molar-refractivity contribution in [3.8, 4) is 0 Å². The maximum absolute atomic E-state index is 13.4. The van der Waals surface area contributed by atoms with Crippen molar-refractivity contribution in [2.45, 2.75) is 57.2 Å². The minimum atomic E-state index is -0.678. The number of para-hydroxylation sites is 2. The zero-order valence-corrected chi connectivity index (χ0v) is 20.6. The normalized spacial score (nSPS) is 23.8. The van der Waals surface area contributed by atoms with Gasteiger partial charge in [-0.3, -0.25) is 19.3 Å². The van der Waals surface area contributed by atoms with Gasteiger partial charge in [-0.05, 0) is 56.9 Å². The number of likely N-dealkylation sites (tertiary alicyclic amines) is 1. The SMILES string of the molecule is CC12CCC(=O)N1c1ccccc1C(=O)N2CCCC(=O)N1CCCC1c1nc2ccccc2s1. The molecule has 2 unspecified atom stereocenters. The molecule has 0 aliphatic carbocycles. The molecule has 2 fully saturated rings. The number of carbonyl (C=O) groups is 3. The van der Waals surface area contributed by atoms with Crippen molar-refractivity contribution in [1.29, 1.82) is 0 Å². The van der Waals surface area contributed by atoms with E-state index in [0.717, 1.165) is 34.6 Å². The fourth-order valence-corrected chi connectivity index (χ4v) is 7.04. The molecule has 2 saturated heterocycles. The molecule has 3 amide bonds. The summed E-state index contributed by atoms with van der Waals surface area (Å²) < 4.78 is 1.15. The number of amides is 3. The van der Waals surface area contributed by atoms with Crippen LogP contribution >= 0.6 is 11.3 Å². The molecular formula is C27H28N4O3S. The lowest BCUT2D eigenvalue weighted by Crippen LogP contribution is -2.62. The van der Waals surface area contributed by atoms with Gasteiger partial charge < -0.3 is 9.80 Å². The zero-order chi connectivity index (χ0) is 24.2. The van der Waals surface area contributed by atoms with Gasteiger partial charge in [-0.1, -0.05) is 24.3 Å². The first-order valence-electron chi connectivity index (χ1n) is 12.4. The molecule has 7 nitrogen and oxygen atoms in total. The third-order valence-electron chi connectivity index (χ3n) is 7.69. The number of fused-ring (bicyclic) bond motifs is 4. The molecule has 1 aromatic heterocycles. The molecule has 0 bridgehead atoms. The Balaban J connectivity index is 1.16. The Bertz CT molecular complexity index is 1300. The summed E-state index contributed by atoms with van der Waals surface area (Å²) in [6.07, 6.45) is 3.87. The highest BCUT2D eigenvalue weighted by Crippen LogP contribution is 2.44. The number of hydrogen-bond donors (Lipinski definition) is 0. The third-order valence-corrected chi connectivity index (χ3v) is 8.82. The summed E-state index contributed by atoms with van der Waals surface area (Å²) in [5.74, 6) is 0.0976. The smallest absolute Gasteiger partial charge is 0.257 e. The van der Waals surface area contributed by atoms with E-state index in [1.807, 2.05) is 53.1 Å². The summed E-state index contributed by atoms with van der Waals surface area (Å²) in [4.78, 5) is 49.8. The molecule has 35 heavy (non-hydrogen) atoms. The van der Waals surface area contributed by atoms with E-state index in [-0.39, 0.29) is 23.8 Å². The molecule has 0 saturated carbocycles. The molecule has 3 aliphatic heterocycles. The maximum Gasteiger partial charge on any atom is 0.257 e. The molecule has 8 heteroatoms. The third kappa shape index (κ3) is 3.54. The summed E-state index contributed by atoms with van der Waals surface area (Å²) in [5.41, 5.74) is 1.56. The minimum Gasteiger partial charge on any atom is -0.333 e. The Morgan fingerprint density at radius 2 is 1.94 bits per heavy atom. The van der Waals surface area contributed by atoms with Crippen molar-refractivity contribution in [2.75, 3.05) is 18.0 Å².